The Morgan fingerprint density at radius 1 is 2.00 bits per heavy atom. The molecule has 0 aromatic rings. The first-order chi connectivity index (χ1) is 2.41. The third-order valence-corrected chi connectivity index (χ3v) is 0.894. The van der Waals surface area contributed by atoms with Crippen LogP contribution >= 0.6 is 20.7 Å². The van der Waals surface area contributed by atoms with E-state index >= 15 is 0 Å². The second-order valence-corrected chi connectivity index (χ2v) is 2.20. The molecule has 0 amide bonds. The van der Waals surface area contributed by atoms with Gasteiger partial charge in [-0.2, -0.15) is 0 Å². The largest absolute Gasteiger partial charge is 0.150 e. The van der Waals surface area contributed by atoms with Crippen LogP contribution in [0.4, 0.5) is 0 Å². The smallest absolute Gasteiger partial charge is 0.127 e. The van der Waals surface area contributed by atoms with Crippen molar-refractivity contribution in [1.82, 2.24) is 0 Å². The molecule has 0 saturated heterocycles. The van der Waals surface area contributed by atoms with Crippen LogP contribution in [-0.2, 0) is 0 Å². The Balaban J connectivity index is 2.65. The van der Waals surface area contributed by atoms with Crippen molar-refractivity contribution in [3.8, 4) is 0 Å². The van der Waals surface area contributed by atoms with Crippen LogP contribution < -0.4 is 0 Å². The molecule has 0 aliphatic carbocycles. The molecule has 0 atom stereocenters. The Morgan fingerprint density at radius 2 is 2.60 bits per heavy atom. The monoisotopic (exact) mass is 185 g/mol. The molecular formula is C2H4INO. The van der Waals surface area contributed by atoms with Crippen molar-refractivity contribution in [1.29, 1.82) is 0 Å². The van der Waals surface area contributed by atoms with Crippen LogP contribution in [0.3, 0.4) is 0 Å². The first kappa shape index (κ1) is 5.20. The summed E-state index contributed by atoms with van der Waals surface area (Å²) in [5, 5.41) is 2.59. The lowest BCUT2D eigenvalue weighted by Gasteiger charge is -1.59. The molecule has 0 aromatic heterocycles. The molecule has 0 N–H and O–H groups in total. The molecule has 0 aliphatic rings. The summed E-state index contributed by atoms with van der Waals surface area (Å²) in [5.41, 5.74) is 0. The van der Waals surface area contributed by atoms with Crippen LogP contribution in [0.2, 0.25) is 0 Å². The van der Waals surface area contributed by atoms with Gasteiger partial charge in [0.05, 0.1) is 0 Å². The van der Waals surface area contributed by atoms with Gasteiger partial charge in [0.25, 0.3) is 0 Å². The minimum absolute atomic E-state index is 0.122. The van der Waals surface area contributed by atoms with Crippen LogP contribution in [-0.4, -0.2) is 9.07 Å². The molecule has 3 heteroatoms. The number of hydrogen-bond donors (Lipinski definition) is 0. The highest BCUT2D eigenvalue weighted by atomic mass is 127. The van der Waals surface area contributed by atoms with Crippen molar-refractivity contribution in [2.45, 2.75) is 0 Å². The summed E-state index contributed by atoms with van der Waals surface area (Å²) < 4.78 is 3.95. The van der Waals surface area contributed by atoms with Gasteiger partial charge in [0.1, 0.15) is 4.55 Å². The second kappa shape index (κ2) is 4.20. The fourth-order valence-electron chi connectivity index (χ4n) is 0.0345. The van der Waals surface area contributed by atoms with E-state index in [0.29, 0.717) is 4.55 Å². The zero-order valence-corrected chi connectivity index (χ0v) is 4.81. The van der Waals surface area contributed by atoms with E-state index in [-0.39, 0.29) is 20.7 Å². The zero-order chi connectivity index (χ0) is 4.12. The lowest BCUT2D eigenvalue weighted by Crippen LogP contribution is -1.47. The Labute approximate surface area is 40.3 Å². The molecular weight excluding hydrogens is 181 g/mol. The third-order valence-electron chi connectivity index (χ3n) is 0.133. The van der Waals surface area contributed by atoms with E-state index in [0.717, 1.165) is 0 Å². The van der Waals surface area contributed by atoms with Crippen LogP contribution in [0.15, 0.2) is 5.18 Å². The van der Waals surface area contributed by atoms with Crippen LogP contribution in [0.25, 0.3) is 0 Å². The van der Waals surface area contributed by atoms with Crippen molar-refractivity contribution in [3.05, 3.63) is 4.91 Å². The van der Waals surface area contributed by atoms with Crippen LogP contribution in [0, 0.1) is 4.91 Å². The van der Waals surface area contributed by atoms with Gasteiger partial charge in [0.2, 0.25) is 0 Å². The lowest BCUT2D eigenvalue weighted by molar-refractivity contribution is 1.39. The summed E-state index contributed by atoms with van der Waals surface area (Å²) in [6.07, 6.45) is 0. The molecule has 0 unspecified atom stereocenters. The zero-order valence-electron chi connectivity index (χ0n) is 2.65. The van der Waals surface area contributed by atoms with Gasteiger partial charge in [-0.1, -0.05) is 9.69 Å². The van der Waals surface area contributed by atoms with Gasteiger partial charge in [-0.05, 0) is 0 Å². The molecule has 30 valence electrons. The molecule has 0 saturated carbocycles. The standard InChI is InChI=1S/C2H4INO/c1-3-2-4-5/h1-2H2. The van der Waals surface area contributed by atoms with Gasteiger partial charge >= 0.3 is 0 Å². The average molecular weight is 185 g/mol. The number of nitroso groups, excluding NO2 is 1. The molecule has 0 radical (unpaired) electrons. The van der Waals surface area contributed by atoms with E-state index in [1.807, 2.05) is 0 Å². The van der Waals surface area contributed by atoms with Gasteiger partial charge in [-0.15, -0.1) is 25.6 Å². The fraction of sp³-hybridized carbons (Fsp3) is 0.500. The summed E-state index contributed by atoms with van der Waals surface area (Å²) >= 11 is -0.122. The maximum absolute atomic E-state index is 9.14. The summed E-state index contributed by atoms with van der Waals surface area (Å²) in [5.74, 6) is 0. The van der Waals surface area contributed by atoms with Crippen molar-refractivity contribution < 1.29 is 0 Å². The van der Waals surface area contributed by atoms with Crippen molar-refractivity contribution in [3.63, 3.8) is 0 Å². The van der Waals surface area contributed by atoms with E-state index in [1.165, 1.54) is 0 Å². The fourth-order valence-corrected chi connectivity index (χ4v) is 0.231. The maximum atomic E-state index is 9.14. The molecule has 2 nitrogen and oxygen atoms in total. The number of alkyl halides is 1. The molecule has 5 heavy (non-hydrogen) atoms. The number of nitrogens with zero attached hydrogens (tertiary/aromatic N) is 1. The van der Waals surface area contributed by atoms with Gasteiger partial charge in [-0.3, -0.25) is 0 Å². The highest BCUT2D eigenvalue weighted by Gasteiger charge is 1.59. The average Bonchev–Trinajstić information content (AvgIpc) is 1.41. The van der Waals surface area contributed by atoms with E-state index in [2.05, 4.69) is 9.69 Å². The highest BCUT2D eigenvalue weighted by molar-refractivity contribution is 14.2. The quantitative estimate of drug-likeness (QED) is 0.274. The van der Waals surface area contributed by atoms with Gasteiger partial charge in [0, 0.05) is 0 Å². The molecule has 0 spiro atoms. The van der Waals surface area contributed by atoms with Gasteiger partial charge in [0.15, 0.2) is 0 Å². The minimum Gasteiger partial charge on any atom is -0.150 e. The second-order valence-electron chi connectivity index (χ2n) is 0.438. The van der Waals surface area contributed by atoms with E-state index in [1.54, 1.807) is 0 Å². The van der Waals surface area contributed by atoms with Gasteiger partial charge in [-0.25, -0.2) is 0 Å². The Kier molecular flexibility index (Phi) is 4.37. The first-order valence-electron chi connectivity index (χ1n) is 1.03. The van der Waals surface area contributed by atoms with E-state index in [4.69, 9.17) is 4.91 Å². The van der Waals surface area contributed by atoms with Crippen molar-refractivity contribution >= 4 is 25.2 Å². The maximum Gasteiger partial charge on any atom is 0.127 e. The Hall–Kier alpha value is 0.200. The van der Waals surface area contributed by atoms with Crippen molar-refractivity contribution in [2.24, 2.45) is 5.18 Å². The van der Waals surface area contributed by atoms with E-state index < -0.39 is 0 Å². The molecule has 0 rings (SSSR count). The number of hydrogen-bond acceptors (Lipinski definition) is 2. The molecule has 0 aliphatic heterocycles. The molecule has 0 bridgehead atoms. The van der Waals surface area contributed by atoms with Crippen LogP contribution in [0.1, 0.15) is 0 Å². The predicted molar refractivity (Wildman–Crippen MR) is 31.8 cm³/mol. The summed E-state index contributed by atoms with van der Waals surface area (Å²) in [6.45, 7) is 0. The summed E-state index contributed by atoms with van der Waals surface area (Å²) in [4.78, 5) is 9.14. The Morgan fingerprint density at radius 3 is 2.60 bits per heavy atom. The van der Waals surface area contributed by atoms with E-state index in [9.17, 15) is 0 Å². The first-order valence-corrected chi connectivity index (χ1v) is 4.08. The third kappa shape index (κ3) is 4.20. The summed E-state index contributed by atoms with van der Waals surface area (Å²) in [6, 6.07) is 0. The number of rotatable bonds is 2. The molecule has 0 aromatic carbocycles. The highest BCUT2D eigenvalue weighted by Crippen LogP contribution is 1.86. The Bertz CT molecular complexity index is 38.9. The topological polar surface area (TPSA) is 29.4 Å². The molecule has 0 heterocycles. The van der Waals surface area contributed by atoms with Crippen molar-refractivity contribution in [2.75, 3.05) is 4.55 Å². The summed E-state index contributed by atoms with van der Waals surface area (Å²) in [7, 11) is 0. The molecule has 0 fully saturated rings. The predicted octanol–water partition coefficient (Wildman–Crippen LogP) is 1.11. The number of halogens is 1. The normalized spacial score (nSPS) is 7.20. The SMILES string of the molecule is C=ICN=O. The van der Waals surface area contributed by atoms with Crippen LogP contribution in [0.5, 0.6) is 0 Å². The van der Waals surface area contributed by atoms with Gasteiger partial charge < -0.3 is 0 Å². The minimum atomic E-state index is -0.122. The lowest BCUT2D eigenvalue weighted by atomic mass is 11.6.